The van der Waals surface area contributed by atoms with Gasteiger partial charge in [0.15, 0.2) is 17.5 Å². The van der Waals surface area contributed by atoms with Crippen molar-refractivity contribution in [1.82, 2.24) is 5.32 Å². The molecule has 2 bridgehead atoms. The van der Waals surface area contributed by atoms with Crippen molar-refractivity contribution >= 4 is 42.1 Å². The van der Waals surface area contributed by atoms with E-state index in [-0.39, 0.29) is 49.7 Å². The van der Waals surface area contributed by atoms with Crippen LogP contribution >= 0.6 is 0 Å². The summed E-state index contributed by atoms with van der Waals surface area (Å²) in [4.78, 5) is 103. The minimum absolute atomic E-state index is 0.0197. The van der Waals surface area contributed by atoms with Crippen molar-refractivity contribution < 1.29 is 90.8 Å². The molecule has 8 rings (SSSR count). The zero-order chi connectivity index (χ0) is 61.5. The molecule has 11 atom stereocenters. The van der Waals surface area contributed by atoms with Crippen LogP contribution in [0.1, 0.15) is 116 Å². The first-order valence-corrected chi connectivity index (χ1v) is 28.6. The van der Waals surface area contributed by atoms with E-state index in [9.17, 15) is 29.1 Å². The number of ketones is 1. The Labute approximate surface area is 495 Å². The Morgan fingerprint density at radius 1 is 0.753 bits per heavy atom. The van der Waals surface area contributed by atoms with E-state index < -0.39 is 144 Å². The molecule has 4 aromatic carbocycles. The second kappa shape index (κ2) is 26.3. The van der Waals surface area contributed by atoms with E-state index in [0.29, 0.717) is 11.1 Å². The van der Waals surface area contributed by atoms with Crippen LogP contribution in [-0.2, 0) is 86.3 Å². The second-order valence-corrected chi connectivity index (χ2v) is 24.3. The maximum atomic E-state index is 16.7. The normalized spacial score (nSPS) is 26.5. The first-order chi connectivity index (χ1) is 40.3. The molecule has 2 saturated carbocycles. The fraction of sp³-hybridized carbons (Fsp3) is 0.492. The highest BCUT2D eigenvalue weighted by molar-refractivity contribution is 6.02. The summed E-state index contributed by atoms with van der Waals surface area (Å²) >= 11 is 0. The van der Waals surface area contributed by atoms with Gasteiger partial charge in [0.05, 0.1) is 36.2 Å². The number of alkyl carbamates (subject to hydrolysis) is 1. The molecule has 0 aromatic heterocycles. The van der Waals surface area contributed by atoms with E-state index in [1.807, 2.05) is 44.2 Å². The number of fused-ring (bicyclic) bond motifs is 5. The van der Waals surface area contributed by atoms with Crippen molar-refractivity contribution in [2.24, 2.45) is 28.6 Å². The molecular weight excluding hydrogens is 1100 g/mol. The van der Waals surface area contributed by atoms with Crippen molar-refractivity contribution in [3.63, 3.8) is 0 Å². The predicted octanol–water partition coefficient (Wildman–Crippen LogP) is 10.1. The number of ether oxygens (including phenoxy) is 11. The Bertz CT molecular complexity index is 3060. The van der Waals surface area contributed by atoms with Gasteiger partial charge < -0.3 is 62.5 Å². The zero-order valence-corrected chi connectivity index (χ0v) is 49.7. The van der Waals surface area contributed by atoms with Crippen LogP contribution in [0.5, 0.6) is 0 Å². The van der Waals surface area contributed by atoms with E-state index in [2.05, 4.69) is 5.32 Å². The number of rotatable bonds is 20. The number of carbonyl (C=O) groups excluding carboxylic acids is 7. The van der Waals surface area contributed by atoms with Crippen LogP contribution in [0.15, 0.2) is 133 Å². The van der Waals surface area contributed by atoms with Crippen LogP contribution in [0.25, 0.3) is 0 Å². The summed E-state index contributed by atoms with van der Waals surface area (Å²) in [6, 6.07) is 33.3. The quantitative estimate of drug-likeness (QED) is 0.0361. The maximum Gasteiger partial charge on any atom is 0.514 e. The lowest BCUT2D eigenvalue weighted by Gasteiger charge is -2.67. The summed E-state index contributed by atoms with van der Waals surface area (Å²) in [5.41, 5.74) is -7.68. The number of esters is 3. The predicted molar refractivity (Wildman–Crippen MR) is 303 cm³/mol. The average Bonchev–Trinajstić information content (AvgIpc) is 0.705. The summed E-state index contributed by atoms with van der Waals surface area (Å²) < 4.78 is 67.3. The maximum absolute atomic E-state index is 16.7. The number of carbonyl (C=O) groups is 7. The van der Waals surface area contributed by atoms with Crippen molar-refractivity contribution in [2.75, 3.05) is 13.4 Å². The molecule has 0 spiro atoms. The van der Waals surface area contributed by atoms with Gasteiger partial charge in [-0.2, -0.15) is 0 Å². The lowest BCUT2D eigenvalue weighted by molar-refractivity contribution is -0.345. The molecule has 20 heteroatoms. The van der Waals surface area contributed by atoms with Gasteiger partial charge in [0.2, 0.25) is 5.78 Å². The van der Waals surface area contributed by atoms with Crippen molar-refractivity contribution in [2.45, 2.75) is 162 Å². The smallest absolute Gasteiger partial charge is 0.460 e. The van der Waals surface area contributed by atoms with Crippen LogP contribution in [0.3, 0.4) is 0 Å². The molecule has 20 nitrogen and oxygen atoms in total. The minimum atomic E-state index is -2.55. The van der Waals surface area contributed by atoms with Crippen LogP contribution in [0.4, 0.5) is 14.4 Å². The fourth-order valence-corrected chi connectivity index (χ4v) is 12.4. The number of Topliss-reactive ketones (excluding diaryl/α,β-unsaturated/α-hetero) is 1. The summed E-state index contributed by atoms with van der Waals surface area (Å²) in [6.07, 6.45) is -12.1. The van der Waals surface area contributed by atoms with Gasteiger partial charge in [-0.1, -0.05) is 144 Å². The highest BCUT2D eigenvalue weighted by Gasteiger charge is 2.79. The number of hydrogen-bond acceptors (Lipinski definition) is 19. The number of hydrogen-bond donors (Lipinski definition) is 2. The van der Waals surface area contributed by atoms with Gasteiger partial charge in [0.1, 0.15) is 55.6 Å². The van der Waals surface area contributed by atoms with E-state index in [4.69, 9.17) is 52.1 Å². The van der Waals surface area contributed by atoms with Crippen LogP contribution in [0.2, 0.25) is 0 Å². The molecule has 456 valence electrons. The molecule has 1 amide bonds. The Kier molecular flexibility index (Phi) is 19.6. The average molecular weight is 1180 g/mol. The van der Waals surface area contributed by atoms with Gasteiger partial charge in [-0.25, -0.2) is 24.0 Å². The Morgan fingerprint density at radius 3 is 1.84 bits per heavy atom. The van der Waals surface area contributed by atoms with Gasteiger partial charge in [-0.3, -0.25) is 9.59 Å². The molecule has 1 heterocycles. The van der Waals surface area contributed by atoms with Crippen molar-refractivity contribution in [3.05, 3.63) is 155 Å². The van der Waals surface area contributed by atoms with Gasteiger partial charge in [0, 0.05) is 31.1 Å². The third kappa shape index (κ3) is 14.0. The van der Waals surface area contributed by atoms with E-state index in [1.54, 1.807) is 120 Å². The van der Waals surface area contributed by atoms with E-state index in [0.717, 1.165) is 12.5 Å². The topological polar surface area (TPSA) is 253 Å². The zero-order valence-electron chi connectivity index (χ0n) is 49.7. The first-order valence-electron chi connectivity index (χ1n) is 28.6. The summed E-state index contributed by atoms with van der Waals surface area (Å²) in [6.45, 7) is 14.7. The number of amides is 1. The van der Waals surface area contributed by atoms with Gasteiger partial charge in [-0.05, 0) is 74.4 Å². The molecule has 2 N–H and O–H groups in total. The molecule has 3 aliphatic carbocycles. The Hall–Kier alpha value is -7.65. The number of aliphatic hydroxyl groups is 1. The summed E-state index contributed by atoms with van der Waals surface area (Å²) in [7, 11) is 0. The number of nitrogens with one attached hydrogen (secondary N) is 1. The van der Waals surface area contributed by atoms with Gasteiger partial charge in [0.25, 0.3) is 0 Å². The Morgan fingerprint density at radius 2 is 1.31 bits per heavy atom. The Balaban J connectivity index is 1.31. The van der Waals surface area contributed by atoms with Crippen LogP contribution < -0.4 is 5.32 Å². The second-order valence-electron chi connectivity index (χ2n) is 24.3. The number of benzene rings is 4. The van der Waals surface area contributed by atoms with Crippen molar-refractivity contribution in [3.8, 4) is 0 Å². The summed E-state index contributed by atoms with van der Waals surface area (Å²) in [5.74, 6) is -7.69. The van der Waals surface area contributed by atoms with Crippen LogP contribution in [0, 0.1) is 28.6 Å². The molecule has 0 radical (unpaired) electrons. The third-order valence-electron chi connectivity index (χ3n) is 16.5. The fourth-order valence-electron chi connectivity index (χ4n) is 12.4. The van der Waals surface area contributed by atoms with Crippen LogP contribution in [-0.4, -0.2) is 114 Å². The highest BCUT2D eigenvalue weighted by atomic mass is 16.7. The van der Waals surface area contributed by atoms with Gasteiger partial charge in [-0.15, -0.1) is 0 Å². The van der Waals surface area contributed by atoms with E-state index in [1.165, 1.54) is 19.1 Å². The minimum Gasteiger partial charge on any atom is -0.460 e. The lowest BCUT2D eigenvalue weighted by atomic mass is 9.45. The molecule has 85 heavy (non-hydrogen) atoms. The standard InChI is InChI=1S/C65H77NO19/c1-39(2)31-46(66-58(71)85-61(5,6)7)51(79-38-75-34-42-23-15-11-16-24-42)57(70)80-47-33-65(74)55(83-56(69)45-29-21-14-22-30-45)53-63(10,54(68)52(50(40(47)3)62(65,8)9)82-60(73)77-36-44-27-19-13-20-28-44)48(32-49-64(53,37-78-49)84-41(4)67)81-59(72)76-35-43-25-17-12-18-26-43/h11-30,39-40,46-49,51,53,55,74H,31-38H2,1-10H3,(H,66,71)/t40?,46-,47-,48-,49+,51?,53-,55-,63+,64-,65+/m0/s1. The molecule has 4 aromatic rings. The summed E-state index contributed by atoms with van der Waals surface area (Å²) in [5, 5.41) is 17.2. The molecule has 1 saturated heterocycles. The highest BCUT2D eigenvalue weighted by Crippen LogP contribution is 2.65. The largest absolute Gasteiger partial charge is 0.514 e. The SMILES string of the molecule is CC(=O)O[C@@]12CO[C@@H]1C[C@H](OC(=O)OCc1ccccc1)[C@@]1(C)C(=O)C(OC(=O)OCc3ccccc3)=C3C(C)[C@@H](OC(=O)C(OCOCc4ccccc4)[C@H](CC(C)C)NC(=O)OC(C)(C)C)C[C@@](O)([C@@H](OC(=O)c4ccccc4)[C@H]21)C3(C)C. The first kappa shape index (κ1) is 63.4. The van der Waals surface area contributed by atoms with Gasteiger partial charge >= 0.3 is 36.3 Å². The number of allylic oxidation sites excluding steroid dienone is 1. The molecule has 1 aliphatic heterocycles. The molecule has 3 fully saturated rings. The lowest BCUT2D eigenvalue weighted by Crippen LogP contribution is -2.81. The van der Waals surface area contributed by atoms with E-state index >= 15 is 9.59 Å². The van der Waals surface area contributed by atoms with Crippen molar-refractivity contribution in [1.29, 1.82) is 0 Å². The monoisotopic (exact) mass is 1180 g/mol. The molecule has 4 aliphatic rings. The molecular formula is C65H77NO19. The third-order valence-corrected chi connectivity index (χ3v) is 16.5. The molecule has 2 unspecified atom stereocenters.